The molecule has 0 atom stereocenters. The Morgan fingerprint density at radius 2 is 2.05 bits per heavy atom. The second-order valence-electron chi connectivity index (χ2n) is 6.12. The minimum absolute atomic E-state index is 0.144. The number of nitrogens with two attached hydrogens (primary N) is 1. The van der Waals surface area contributed by atoms with Gasteiger partial charge in [0.15, 0.2) is 0 Å². The Hall–Kier alpha value is -1.62. The van der Waals surface area contributed by atoms with Crippen molar-refractivity contribution in [3.8, 4) is 0 Å². The Labute approximate surface area is 125 Å². The number of anilines is 2. The molecule has 1 aliphatic carbocycles. The Balaban J connectivity index is 1.88. The maximum Gasteiger partial charge on any atom is 0.238 e. The second-order valence-corrected chi connectivity index (χ2v) is 6.12. The monoisotopic (exact) mass is 293 g/mol. The van der Waals surface area contributed by atoms with Gasteiger partial charge in [-0.05, 0) is 56.8 Å². The highest BCUT2D eigenvalue weighted by Gasteiger charge is 2.23. The molecule has 1 aliphatic rings. The third kappa shape index (κ3) is 4.43. The Morgan fingerprint density at radius 1 is 1.38 bits per heavy atom. The van der Waals surface area contributed by atoms with Gasteiger partial charge in [-0.25, -0.2) is 4.39 Å². The number of carbonyl (C=O) groups is 1. The van der Waals surface area contributed by atoms with Gasteiger partial charge in [0.25, 0.3) is 0 Å². The third-order valence-electron chi connectivity index (χ3n) is 4.27. The van der Waals surface area contributed by atoms with E-state index in [1.807, 2.05) is 7.05 Å². The largest absolute Gasteiger partial charge is 0.399 e. The van der Waals surface area contributed by atoms with Gasteiger partial charge in [-0.3, -0.25) is 9.69 Å². The van der Waals surface area contributed by atoms with Crippen LogP contribution in [-0.4, -0.2) is 30.4 Å². The number of hydrogen-bond donors (Lipinski definition) is 2. The first-order valence-electron chi connectivity index (χ1n) is 7.51. The number of rotatable bonds is 4. The molecule has 0 saturated heterocycles. The molecule has 0 radical (unpaired) electrons. The Bertz CT molecular complexity index is 498. The second kappa shape index (κ2) is 6.89. The first kappa shape index (κ1) is 15.8. The molecule has 0 aliphatic heterocycles. The summed E-state index contributed by atoms with van der Waals surface area (Å²) in [6.07, 6.45) is 4.66. The van der Waals surface area contributed by atoms with Crippen LogP contribution in [0.5, 0.6) is 0 Å². The van der Waals surface area contributed by atoms with Gasteiger partial charge >= 0.3 is 0 Å². The summed E-state index contributed by atoms with van der Waals surface area (Å²) in [6, 6.07) is 4.62. The number of amides is 1. The number of halogens is 1. The fraction of sp³-hybridized carbons (Fsp3) is 0.562. The molecular formula is C16H24FN3O. The molecule has 21 heavy (non-hydrogen) atoms. The van der Waals surface area contributed by atoms with Crippen LogP contribution in [0.3, 0.4) is 0 Å². The van der Waals surface area contributed by atoms with Gasteiger partial charge in [0, 0.05) is 11.7 Å². The molecule has 3 N–H and O–H groups in total. The van der Waals surface area contributed by atoms with Gasteiger partial charge in [0.1, 0.15) is 5.82 Å². The average Bonchev–Trinajstić information content (AvgIpc) is 2.43. The highest BCUT2D eigenvalue weighted by atomic mass is 19.1. The molecule has 0 aromatic heterocycles. The highest BCUT2D eigenvalue weighted by molar-refractivity contribution is 5.92. The molecule has 0 heterocycles. The fourth-order valence-corrected chi connectivity index (χ4v) is 2.87. The topological polar surface area (TPSA) is 58.4 Å². The smallest absolute Gasteiger partial charge is 0.238 e. The van der Waals surface area contributed by atoms with Crippen LogP contribution >= 0.6 is 0 Å². The van der Waals surface area contributed by atoms with E-state index >= 15 is 0 Å². The van der Waals surface area contributed by atoms with Crippen molar-refractivity contribution in [1.82, 2.24) is 4.90 Å². The highest BCUT2D eigenvalue weighted by Crippen LogP contribution is 2.26. The number of nitrogens with zero attached hydrogens (tertiary/aromatic N) is 1. The van der Waals surface area contributed by atoms with E-state index in [-0.39, 0.29) is 18.1 Å². The summed E-state index contributed by atoms with van der Waals surface area (Å²) in [4.78, 5) is 14.1. The van der Waals surface area contributed by atoms with E-state index in [0.29, 0.717) is 11.7 Å². The van der Waals surface area contributed by atoms with E-state index < -0.39 is 5.82 Å². The van der Waals surface area contributed by atoms with E-state index in [1.165, 1.54) is 31.0 Å². The first-order chi connectivity index (χ1) is 9.95. The van der Waals surface area contributed by atoms with Crippen molar-refractivity contribution in [3.63, 3.8) is 0 Å². The molecule has 1 aromatic carbocycles. The zero-order chi connectivity index (χ0) is 15.4. The van der Waals surface area contributed by atoms with Gasteiger partial charge in [-0.2, -0.15) is 0 Å². The number of nitrogens with one attached hydrogen (secondary N) is 1. The zero-order valence-corrected chi connectivity index (χ0v) is 12.7. The van der Waals surface area contributed by atoms with Crippen LogP contribution in [0.2, 0.25) is 0 Å². The van der Waals surface area contributed by atoms with Crippen LogP contribution < -0.4 is 11.1 Å². The summed E-state index contributed by atoms with van der Waals surface area (Å²) in [5.74, 6) is 0.109. The predicted molar refractivity (Wildman–Crippen MR) is 83.5 cm³/mol. The maximum atomic E-state index is 13.6. The number of likely N-dealkylation sites (N-methyl/N-ethyl adjacent to an activating group) is 1. The van der Waals surface area contributed by atoms with Crippen LogP contribution in [0, 0.1) is 11.7 Å². The molecule has 1 saturated carbocycles. The van der Waals surface area contributed by atoms with Crippen LogP contribution in [-0.2, 0) is 4.79 Å². The molecule has 0 unspecified atom stereocenters. The van der Waals surface area contributed by atoms with E-state index in [9.17, 15) is 9.18 Å². The van der Waals surface area contributed by atoms with Crippen LogP contribution in [0.4, 0.5) is 15.8 Å². The standard InChI is InChI=1S/C16H24FN3O/c1-11-3-6-13(7-4-11)20(2)10-16(21)19-15-9-12(18)5-8-14(15)17/h5,8-9,11,13H,3-4,6-7,10,18H2,1-2H3,(H,19,21). The Kier molecular flexibility index (Phi) is 5.17. The minimum atomic E-state index is -0.466. The van der Waals surface area contributed by atoms with Crippen molar-refractivity contribution < 1.29 is 9.18 Å². The molecule has 116 valence electrons. The van der Waals surface area contributed by atoms with Crippen LogP contribution in [0.25, 0.3) is 0 Å². The van der Waals surface area contributed by atoms with Crippen molar-refractivity contribution in [2.45, 2.75) is 38.6 Å². The summed E-state index contributed by atoms with van der Waals surface area (Å²) in [7, 11) is 1.95. The van der Waals surface area contributed by atoms with E-state index in [4.69, 9.17) is 5.73 Å². The Morgan fingerprint density at radius 3 is 2.71 bits per heavy atom. The lowest BCUT2D eigenvalue weighted by atomic mass is 9.87. The van der Waals surface area contributed by atoms with Gasteiger partial charge in [-0.15, -0.1) is 0 Å². The van der Waals surface area contributed by atoms with Gasteiger partial charge in [-0.1, -0.05) is 6.92 Å². The van der Waals surface area contributed by atoms with Crippen LogP contribution in [0.15, 0.2) is 18.2 Å². The average molecular weight is 293 g/mol. The summed E-state index contributed by atoms with van der Waals surface area (Å²) in [5, 5.41) is 2.59. The van der Waals surface area contributed by atoms with Crippen molar-refractivity contribution in [2.24, 2.45) is 5.92 Å². The fourth-order valence-electron chi connectivity index (χ4n) is 2.87. The maximum absolute atomic E-state index is 13.6. The van der Waals surface area contributed by atoms with E-state index in [0.717, 1.165) is 18.8 Å². The predicted octanol–water partition coefficient (Wildman–Crippen LogP) is 2.86. The number of hydrogen-bond acceptors (Lipinski definition) is 3. The number of benzene rings is 1. The van der Waals surface area contributed by atoms with Gasteiger partial charge in [0.2, 0.25) is 5.91 Å². The van der Waals surface area contributed by atoms with Gasteiger partial charge in [0.05, 0.1) is 12.2 Å². The molecule has 1 aromatic rings. The summed E-state index contributed by atoms with van der Waals surface area (Å²) >= 11 is 0. The first-order valence-corrected chi connectivity index (χ1v) is 7.51. The van der Waals surface area contributed by atoms with Crippen molar-refractivity contribution in [3.05, 3.63) is 24.0 Å². The third-order valence-corrected chi connectivity index (χ3v) is 4.27. The van der Waals surface area contributed by atoms with Crippen LogP contribution in [0.1, 0.15) is 32.6 Å². The quantitative estimate of drug-likeness (QED) is 0.839. The summed E-state index contributed by atoms with van der Waals surface area (Å²) < 4.78 is 13.6. The van der Waals surface area contributed by atoms with Crippen molar-refractivity contribution >= 4 is 17.3 Å². The van der Waals surface area contributed by atoms with Gasteiger partial charge < -0.3 is 11.1 Å². The lowest BCUT2D eigenvalue weighted by Crippen LogP contribution is -2.40. The summed E-state index contributed by atoms with van der Waals surface area (Å²) in [5.41, 5.74) is 6.18. The zero-order valence-electron chi connectivity index (χ0n) is 12.7. The lowest BCUT2D eigenvalue weighted by molar-refractivity contribution is -0.117. The molecule has 0 bridgehead atoms. The normalized spacial score (nSPS) is 22.3. The molecule has 4 nitrogen and oxygen atoms in total. The molecule has 0 spiro atoms. The number of carbonyl (C=O) groups excluding carboxylic acids is 1. The molecular weight excluding hydrogens is 269 g/mol. The number of nitrogen functional groups attached to an aromatic ring is 1. The minimum Gasteiger partial charge on any atom is -0.399 e. The molecule has 2 rings (SSSR count). The molecule has 5 heteroatoms. The molecule has 1 amide bonds. The van der Waals surface area contributed by atoms with E-state index in [2.05, 4.69) is 17.1 Å². The van der Waals surface area contributed by atoms with Crippen molar-refractivity contribution in [1.29, 1.82) is 0 Å². The van der Waals surface area contributed by atoms with Crippen molar-refractivity contribution in [2.75, 3.05) is 24.6 Å². The molecule has 1 fully saturated rings. The van der Waals surface area contributed by atoms with E-state index in [1.54, 1.807) is 0 Å². The SMILES string of the molecule is CC1CCC(N(C)CC(=O)Nc2cc(N)ccc2F)CC1. The lowest BCUT2D eigenvalue weighted by Gasteiger charge is -2.33. The summed E-state index contributed by atoms with van der Waals surface area (Å²) in [6.45, 7) is 2.54.